The number of piperazine rings is 1. The van der Waals surface area contributed by atoms with Crippen LogP contribution in [0.4, 0.5) is 11.5 Å². The van der Waals surface area contributed by atoms with E-state index in [2.05, 4.69) is 58.4 Å². The van der Waals surface area contributed by atoms with Crippen LogP contribution in [0.1, 0.15) is 12.0 Å². The van der Waals surface area contributed by atoms with Crippen LogP contribution in [-0.2, 0) is 0 Å². The minimum Gasteiger partial charge on any atom is -0.495 e. The van der Waals surface area contributed by atoms with Crippen molar-refractivity contribution in [1.29, 1.82) is 0 Å². The first-order valence-electron chi connectivity index (χ1n) is 10.4. The number of nitrogens with zero attached hydrogens (tertiary/aromatic N) is 3. The average molecular weight is 391 g/mol. The van der Waals surface area contributed by atoms with Crippen molar-refractivity contribution in [2.75, 3.05) is 56.6 Å². The highest BCUT2D eigenvalue weighted by Crippen LogP contribution is 2.28. The topological polar surface area (TPSA) is 40.6 Å². The third kappa shape index (κ3) is 4.62. The number of para-hydroxylation sites is 3. The SMILES string of the molecule is COc1ccccc1N1CCN(CCCNc2cc(C)c3ccccc3n2)CC1. The van der Waals surface area contributed by atoms with Gasteiger partial charge in [-0.3, -0.25) is 4.90 Å². The molecule has 0 amide bonds. The quantitative estimate of drug-likeness (QED) is 0.613. The van der Waals surface area contributed by atoms with E-state index in [9.17, 15) is 0 Å². The molecule has 1 aromatic heterocycles. The fourth-order valence-electron chi connectivity index (χ4n) is 4.06. The molecule has 1 aliphatic heterocycles. The number of nitrogens with one attached hydrogen (secondary N) is 1. The maximum Gasteiger partial charge on any atom is 0.142 e. The van der Waals surface area contributed by atoms with E-state index in [-0.39, 0.29) is 0 Å². The van der Waals surface area contributed by atoms with E-state index in [1.165, 1.54) is 16.6 Å². The van der Waals surface area contributed by atoms with Gasteiger partial charge < -0.3 is 15.0 Å². The van der Waals surface area contributed by atoms with Crippen molar-refractivity contribution < 1.29 is 4.74 Å². The van der Waals surface area contributed by atoms with Crippen molar-refractivity contribution in [3.63, 3.8) is 0 Å². The molecule has 2 aromatic carbocycles. The number of methoxy groups -OCH3 is 1. The van der Waals surface area contributed by atoms with Gasteiger partial charge in [0.05, 0.1) is 18.3 Å². The lowest BCUT2D eigenvalue weighted by molar-refractivity contribution is 0.256. The van der Waals surface area contributed by atoms with Crippen LogP contribution in [-0.4, -0.2) is 56.3 Å². The summed E-state index contributed by atoms with van der Waals surface area (Å²) in [4.78, 5) is 9.71. The van der Waals surface area contributed by atoms with Crippen molar-refractivity contribution in [2.45, 2.75) is 13.3 Å². The van der Waals surface area contributed by atoms with E-state index in [0.717, 1.165) is 62.8 Å². The van der Waals surface area contributed by atoms with Gasteiger partial charge >= 0.3 is 0 Å². The number of aryl methyl sites for hydroxylation is 1. The summed E-state index contributed by atoms with van der Waals surface area (Å²) < 4.78 is 5.51. The highest BCUT2D eigenvalue weighted by molar-refractivity contribution is 5.83. The average Bonchev–Trinajstić information content (AvgIpc) is 2.77. The zero-order valence-corrected chi connectivity index (χ0v) is 17.4. The lowest BCUT2D eigenvalue weighted by atomic mass is 10.1. The Labute approximate surface area is 173 Å². The minimum absolute atomic E-state index is 0.942. The maximum absolute atomic E-state index is 5.51. The van der Waals surface area contributed by atoms with E-state index in [1.807, 2.05) is 18.2 Å². The Morgan fingerprint density at radius 3 is 2.59 bits per heavy atom. The zero-order valence-electron chi connectivity index (χ0n) is 17.4. The first kappa shape index (κ1) is 19.5. The largest absolute Gasteiger partial charge is 0.495 e. The number of ether oxygens (including phenoxy) is 1. The van der Waals surface area contributed by atoms with Gasteiger partial charge in [0.1, 0.15) is 11.6 Å². The Bertz CT molecular complexity index is 951. The van der Waals surface area contributed by atoms with Gasteiger partial charge in [-0.15, -0.1) is 0 Å². The lowest BCUT2D eigenvalue weighted by Crippen LogP contribution is -2.46. The number of pyridine rings is 1. The summed E-state index contributed by atoms with van der Waals surface area (Å²) in [6.45, 7) is 8.46. The van der Waals surface area contributed by atoms with Gasteiger partial charge in [0, 0.05) is 38.1 Å². The molecule has 5 heteroatoms. The van der Waals surface area contributed by atoms with Crippen LogP contribution in [0.25, 0.3) is 10.9 Å². The van der Waals surface area contributed by atoms with Crippen molar-refractivity contribution in [1.82, 2.24) is 9.88 Å². The van der Waals surface area contributed by atoms with Crippen LogP contribution < -0.4 is 15.0 Å². The van der Waals surface area contributed by atoms with E-state index in [1.54, 1.807) is 7.11 Å². The van der Waals surface area contributed by atoms with Crippen molar-refractivity contribution >= 4 is 22.4 Å². The molecule has 0 saturated carbocycles. The molecule has 1 saturated heterocycles. The number of hydrogen-bond donors (Lipinski definition) is 1. The fourth-order valence-corrected chi connectivity index (χ4v) is 4.06. The first-order valence-corrected chi connectivity index (χ1v) is 10.4. The molecule has 0 aliphatic carbocycles. The molecule has 4 rings (SSSR count). The standard InChI is InChI=1S/C24H30N4O/c1-19-18-24(26-21-9-4-3-8-20(19)21)25-12-7-13-27-14-16-28(17-15-27)22-10-5-6-11-23(22)29-2/h3-6,8-11,18H,7,12-17H2,1-2H3,(H,25,26). The third-order valence-corrected chi connectivity index (χ3v) is 5.68. The van der Waals surface area contributed by atoms with Gasteiger partial charge in [-0.25, -0.2) is 4.98 Å². The second kappa shape index (κ2) is 9.14. The number of rotatable bonds is 7. The predicted molar refractivity (Wildman–Crippen MR) is 121 cm³/mol. The fraction of sp³-hybridized carbons (Fsp3) is 0.375. The molecule has 29 heavy (non-hydrogen) atoms. The number of aromatic nitrogens is 1. The molecule has 5 nitrogen and oxygen atoms in total. The molecule has 1 aliphatic rings. The maximum atomic E-state index is 5.51. The smallest absolute Gasteiger partial charge is 0.142 e. The Kier molecular flexibility index (Phi) is 6.15. The summed E-state index contributed by atoms with van der Waals surface area (Å²) >= 11 is 0. The van der Waals surface area contributed by atoms with Crippen molar-refractivity contribution in [3.05, 3.63) is 60.2 Å². The van der Waals surface area contributed by atoms with Crippen LogP contribution in [0, 0.1) is 6.92 Å². The van der Waals surface area contributed by atoms with Gasteiger partial charge in [0.2, 0.25) is 0 Å². The Morgan fingerprint density at radius 1 is 1.00 bits per heavy atom. The molecule has 0 unspecified atom stereocenters. The Morgan fingerprint density at radius 2 is 1.76 bits per heavy atom. The number of hydrogen-bond acceptors (Lipinski definition) is 5. The molecule has 1 fully saturated rings. The van der Waals surface area contributed by atoms with E-state index < -0.39 is 0 Å². The van der Waals surface area contributed by atoms with Gasteiger partial charge in [0.25, 0.3) is 0 Å². The second-order valence-corrected chi connectivity index (χ2v) is 7.62. The molecule has 0 atom stereocenters. The number of fused-ring (bicyclic) bond motifs is 1. The van der Waals surface area contributed by atoms with Gasteiger partial charge in [-0.2, -0.15) is 0 Å². The lowest BCUT2D eigenvalue weighted by Gasteiger charge is -2.36. The van der Waals surface area contributed by atoms with Crippen molar-refractivity contribution in [3.8, 4) is 5.75 Å². The molecule has 2 heterocycles. The molecular weight excluding hydrogens is 360 g/mol. The molecule has 1 N–H and O–H groups in total. The summed E-state index contributed by atoms with van der Waals surface area (Å²) in [6.07, 6.45) is 1.11. The number of anilines is 2. The molecule has 152 valence electrons. The van der Waals surface area contributed by atoms with E-state index in [4.69, 9.17) is 9.72 Å². The highest BCUT2D eigenvalue weighted by atomic mass is 16.5. The van der Waals surface area contributed by atoms with Crippen molar-refractivity contribution in [2.24, 2.45) is 0 Å². The molecule has 0 bridgehead atoms. The third-order valence-electron chi connectivity index (χ3n) is 5.68. The normalized spacial score (nSPS) is 14.9. The van der Waals surface area contributed by atoms with Crippen LogP contribution in [0.15, 0.2) is 54.6 Å². The summed E-state index contributed by atoms with van der Waals surface area (Å²) in [5.74, 6) is 1.94. The zero-order chi connectivity index (χ0) is 20.1. The molecule has 3 aromatic rings. The molecular formula is C24H30N4O. The summed E-state index contributed by atoms with van der Waals surface area (Å²) in [5.41, 5.74) is 3.53. The van der Waals surface area contributed by atoms with Crippen LogP contribution >= 0.6 is 0 Å². The summed E-state index contributed by atoms with van der Waals surface area (Å²) in [6, 6.07) is 18.8. The molecule has 0 spiro atoms. The Balaban J connectivity index is 1.23. The van der Waals surface area contributed by atoms with Gasteiger partial charge in [-0.05, 0) is 49.7 Å². The van der Waals surface area contributed by atoms with Gasteiger partial charge in [-0.1, -0.05) is 30.3 Å². The van der Waals surface area contributed by atoms with Crippen LogP contribution in [0.3, 0.4) is 0 Å². The Hall–Kier alpha value is -2.79. The summed E-state index contributed by atoms with van der Waals surface area (Å²) in [7, 11) is 1.74. The second-order valence-electron chi connectivity index (χ2n) is 7.62. The van der Waals surface area contributed by atoms with E-state index >= 15 is 0 Å². The predicted octanol–water partition coefficient (Wildman–Crippen LogP) is 4.18. The monoisotopic (exact) mass is 390 g/mol. The highest BCUT2D eigenvalue weighted by Gasteiger charge is 2.19. The van der Waals surface area contributed by atoms with Crippen LogP contribution in [0.5, 0.6) is 5.75 Å². The first-order chi connectivity index (χ1) is 14.2. The molecule has 0 radical (unpaired) electrons. The number of benzene rings is 2. The van der Waals surface area contributed by atoms with Crippen LogP contribution in [0.2, 0.25) is 0 Å². The van der Waals surface area contributed by atoms with Gasteiger partial charge in [0.15, 0.2) is 0 Å². The van der Waals surface area contributed by atoms with E-state index in [0.29, 0.717) is 0 Å². The minimum atomic E-state index is 0.942. The summed E-state index contributed by atoms with van der Waals surface area (Å²) in [5, 5.41) is 4.73.